The number of aryl methyl sites for hydroxylation is 2. The van der Waals surface area contributed by atoms with Crippen molar-refractivity contribution in [2.45, 2.75) is 69.7 Å². The SMILES string of the molecule is Cc1nc2c(F)c(-c3cccc(Cl)c3Cl)c(CCC#N)cc2c2c1cc(C1CC(Oc3cccc(C#N)n3)CN1C(=O)C1CC1)n2C1C2CNC1C2. The maximum atomic E-state index is 17.2. The number of ether oxygens (including phenoxy) is 1. The smallest absolute Gasteiger partial charge is 0.226 e. The number of nitrogens with zero attached hydrogens (tertiary/aromatic N) is 6. The Balaban J connectivity index is 1.25. The summed E-state index contributed by atoms with van der Waals surface area (Å²) >= 11 is 13.1. The summed E-state index contributed by atoms with van der Waals surface area (Å²) in [6, 6.07) is 18.7. The predicted molar refractivity (Wildman–Crippen MR) is 195 cm³/mol. The van der Waals surface area contributed by atoms with Crippen LogP contribution in [0.5, 0.6) is 5.88 Å². The summed E-state index contributed by atoms with van der Waals surface area (Å²) < 4.78 is 25.9. The molecule has 5 aromatic rings. The van der Waals surface area contributed by atoms with Crippen LogP contribution in [0, 0.1) is 47.2 Å². The number of pyridine rings is 2. The molecular formula is C40H34Cl2FN7O2. The summed E-state index contributed by atoms with van der Waals surface area (Å²) in [6.45, 7) is 3.18. The van der Waals surface area contributed by atoms with Gasteiger partial charge in [0, 0.05) is 70.7 Å². The molecule has 2 aromatic carbocycles. The average molecular weight is 735 g/mol. The Kier molecular flexibility index (Phi) is 8.11. The molecule has 52 heavy (non-hydrogen) atoms. The van der Waals surface area contributed by atoms with Gasteiger partial charge in [-0.25, -0.2) is 14.4 Å². The lowest BCUT2D eigenvalue weighted by Crippen LogP contribution is -2.41. The van der Waals surface area contributed by atoms with Gasteiger partial charge in [-0.15, -0.1) is 0 Å². The van der Waals surface area contributed by atoms with Crippen LogP contribution in [0.25, 0.3) is 32.9 Å². The minimum Gasteiger partial charge on any atom is -0.472 e. The first-order chi connectivity index (χ1) is 25.2. The van der Waals surface area contributed by atoms with Gasteiger partial charge in [-0.05, 0) is 68.4 Å². The van der Waals surface area contributed by atoms with E-state index >= 15 is 4.39 Å². The summed E-state index contributed by atoms with van der Waals surface area (Å²) in [6.07, 6.45) is 3.49. The number of benzene rings is 2. The molecule has 1 amide bonds. The van der Waals surface area contributed by atoms with Gasteiger partial charge >= 0.3 is 0 Å². The Morgan fingerprint density at radius 1 is 1.10 bits per heavy atom. The third-order valence-electron chi connectivity index (χ3n) is 11.4. The van der Waals surface area contributed by atoms with Gasteiger partial charge in [0.2, 0.25) is 11.8 Å². The number of hydrogen-bond acceptors (Lipinski definition) is 7. The fraction of sp³-hybridized carbons (Fsp3) is 0.375. The van der Waals surface area contributed by atoms with Crippen molar-refractivity contribution in [3.63, 3.8) is 0 Å². The number of hydrogen-bond donors (Lipinski definition) is 1. The monoisotopic (exact) mass is 733 g/mol. The highest BCUT2D eigenvalue weighted by molar-refractivity contribution is 6.43. The third kappa shape index (κ3) is 5.31. The number of fused-ring (bicyclic) bond motifs is 4. The molecule has 6 heterocycles. The number of likely N-dealkylation sites (tertiary alicyclic amines) is 1. The molecule has 9 nitrogen and oxygen atoms in total. The van der Waals surface area contributed by atoms with E-state index < -0.39 is 5.82 Å². The van der Waals surface area contributed by atoms with Crippen molar-refractivity contribution in [3.05, 3.63) is 87.0 Å². The summed E-state index contributed by atoms with van der Waals surface area (Å²) in [7, 11) is 0. The largest absolute Gasteiger partial charge is 0.472 e. The Morgan fingerprint density at radius 3 is 2.65 bits per heavy atom. The summed E-state index contributed by atoms with van der Waals surface area (Å²) in [5, 5.41) is 24.8. The van der Waals surface area contributed by atoms with Crippen molar-refractivity contribution < 1.29 is 13.9 Å². The van der Waals surface area contributed by atoms with Crippen LogP contribution in [0.2, 0.25) is 10.0 Å². The van der Waals surface area contributed by atoms with Crippen molar-refractivity contribution in [2.24, 2.45) is 11.8 Å². The maximum absolute atomic E-state index is 17.2. The number of nitriles is 2. The number of amides is 1. The van der Waals surface area contributed by atoms with E-state index in [0.29, 0.717) is 64.0 Å². The fourth-order valence-corrected chi connectivity index (χ4v) is 9.18. The normalized spacial score (nSPS) is 23.5. The zero-order chi connectivity index (χ0) is 35.8. The number of rotatable bonds is 8. The zero-order valence-corrected chi connectivity index (χ0v) is 29.9. The Bertz CT molecular complexity index is 2380. The van der Waals surface area contributed by atoms with Gasteiger partial charge in [-0.1, -0.05) is 41.4 Å². The molecule has 2 aliphatic carbocycles. The predicted octanol–water partition coefficient (Wildman–Crippen LogP) is 8.00. The number of nitrogens with one attached hydrogen (secondary N) is 1. The molecule has 3 aromatic heterocycles. The lowest BCUT2D eigenvalue weighted by molar-refractivity contribution is -0.133. The van der Waals surface area contributed by atoms with Gasteiger partial charge in [0.15, 0.2) is 5.82 Å². The van der Waals surface area contributed by atoms with Crippen molar-refractivity contribution in [1.29, 1.82) is 10.5 Å². The molecule has 1 N–H and O–H groups in total. The summed E-state index contributed by atoms with van der Waals surface area (Å²) in [5.74, 6) is 0.351. The number of aromatic nitrogens is 3. The lowest BCUT2D eigenvalue weighted by atomic mass is 9.79. The van der Waals surface area contributed by atoms with Crippen LogP contribution in [-0.2, 0) is 11.2 Å². The van der Waals surface area contributed by atoms with Crippen molar-refractivity contribution >= 4 is 50.9 Å². The molecule has 10 rings (SSSR count). The minimum atomic E-state index is -0.504. The third-order valence-corrected chi connectivity index (χ3v) is 12.2. The van der Waals surface area contributed by atoms with Crippen LogP contribution >= 0.6 is 23.2 Å². The molecular weight excluding hydrogens is 700 g/mol. The molecule has 3 saturated heterocycles. The van der Waals surface area contributed by atoms with E-state index in [4.69, 9.17) is 32.9 Å². The molecule has 5 atom stereocenters. The van der Waals surface area contributed by atoms with Gasteiger partial charge in [-0.3, -0.25) is 4.79 Å². The van der Waals surface area contributed by atoms with Crippen molar-refractivity contribution in [2.75, 3.05) is 13.1 Å². The molecule has 5 aliphatic rings. The van der Waals surface area contributed by atoms with Crippen LogP contribution in [0.15, 0.2) is 48.5 Å². The van der Waals surface area contributed by atoms with E-state index in [0.717, 1.165) is 42.4 Å². The van der Waals surface area contributed by atoms with Crippen LogP contribution in [0.4, 0.5) is 4.39 Å². The Labute approximate surface area is 309 Å². The summed E-state index contributed by atoms with van der Waals surface area (Å²) in [4.78, 5) is 25.2. The van der Waals surface area contributed by atoms with Crippen molar-refractivity contribution in [1.82, 2.24) is 24.8 Å². The van der Waals surface area contributed by atoms with E-state index in [9.17, 15) is 15.3 Å². The number of halogens is 3. The van der Waals surface area contributed by atoms with Gasteiger partial charge in [-0.2, -0.15) is 10.5 Å². The van der Waals surface area contributed by atoms with Gasteiger partial charge in [0.1, 0.15) is 23.4 Å². The molecule has 5 fully saturated rings. The second-order valence-corrected chi connectivity index (χ2v) is 15.3. The van der Waals surface area contributed by atoms with Crippen LogP contribution in [0.1, 0.15) is 66.8 Å². The standard InChI is InChI=1S/C40H34Cl2FN7O2/c1-20-27-16-32(31-15-25(19-49(31)40(51)21-10-11-21)52-33-9-2-6-24(17-45)48-33)50(38-23-14-30(38)46-18-23)39(27)28-13-22(5-4-12-44)34(36(43)37(28)47-20)26-7-3-8-29(41)35(26)42/h2-3,6-9,13,16,21,23,25,30-31,38,46H,4-5,10-11,14-15,18-19H2,1H3. The lowest BCUT2D eigenvalue weighted by Gasteiger charge is -2.39. The van der Waals surface area contributed by atoms with E-state index in [1.54, 1.807) is 36.4 Å². The highest BCUT2D eigenvalue weighted by Gasteiger charge is 2.51. The highest BCUT2D eigenvalue weighted by atomic mass is 35.5. The van der Waals surface area contributed by atoms with Crippen molar-refractivity contribution in [3.8, 4) is 29.1 Å². The fourth-order valence-electron chi connectivity index (χ4n) is 8.78. The molecule has 3 aliphatic heterocycles. The van der Waals surface area contributed by atoms with Crippen LogP contribution in [0.3, 0.4) is 0 Å². The second-order valence-electron chi connectivity index (χ2n) is 14.5. The van der Waals surface area contributed by atoms with E-state index in [-0.39, 0.29) is 58.7 Å². The topological polar surface area (TPSA) is 120 Å². The summed E-state index contributed by atoms with van der Waals surface area (Å²) in [5.41, 5.74) is 4.45. The van der Waals surface area contributed by atoms with Crippen LogP contribution < -0.4 is 10.1 Å². The molecule has 0 spiro atoms. The Morgan fingerprint density at radius 2 is 1.92 bits per heavy atom. The quantitative estimate of drug-likeness (QED) is 0.172. The van der Waals surface area contributed by atoms with Crippen LogP contribution in [-0.4, -0.2) is 50.6 Å². The molecule has 12 heteroatoms. The van der Waals surface area contributed by atoms with Gasteiger partial charge in [0.05, 0.1) is 40.3 Å². The second kappa shape index (κ2) is 12.7. The Hall–Kier alpha value is -4.74. The first-order valence-corrected chi connectivity index (χ1v) is 18.6. The number of carbonyl (C=O) groups is 1. The molecule has 2 saturated carbocycles. The number of carbonyl (C=O) groups excluding carboxylic acids is 1. The van der Waals surface area contributed by atoms with E-state index in [2.05, 4.69) is 33.1 Å². The highest BCUT2D eigenvalue weighted by Crippen LogP contribution is 2.51. The first-order valence-electron chi connectivity index (χ1n) is 17.8. The van der Waals surface area contributed by atoms with Gasteiger partial charge < -0.3 is 19.5 Å². The molecule has 2 bridgehead atoms. The molecule has 262 valence electrons. The maximum Gasteiger partial charge on any atom is 0.226 e. The zero-order valence-electron chi connectivity index (χ0n) is 28.4. The molecule has 5 unspecified atom stereocenters. The average Bonchev–Trinajstić information content (AvgIpc) is 3.43. The van der Waals surface area contributed by atoms with E-state index in [1.807, 2.05) is 17.9 Å². The first kappa shape index (κ1) is 33.1. The molecule has 0 radical (unpaired) electrons. The minimum absolute atomic E-state index is 0.00146. The van der Waals surface area contributed by atoms with Gasteiger partial charge in [0.25, 0.3) is 0 Å². The van der Waals surface area contributed by atoms with E-state index in [1.165, 1.54) is 0 Å².